The van der Waals surface area contributed by atoms with E-state index in [9.17, 15) is 19.5 Å². The van der Waals surface area contributed by atoms with Gasteiger partial charge in [-0.2, -0.15) is 0 Å². The van der Waals surface area contributed by atoms with Gasteiger partial charge in [0.2, 0.25) is 0 Å². The first-order chi connectivity index (χ1) is 22.0. The minimum absolute atomic E-state index is 0.0269. The van der Waals surface area contributed by atoms with Crippen LogP contribution in [0.1, 0.15) is 53.9 Å². The van der Waals surface area contributed by atoms with Crippen molar-refractivity contribution in [3.8, 4) is 11.5 Å². The predicted octanol–water partition coefficient (Wildman–Crippen LogP) is 8.54. The molecule has 1 unspecified atom stereocenters. The highest BCUT2D eigenvalue weighted by Crippen LogP contribution is 2.24. The third kappa shape index (κ3) is 8.14. The number of rotatable bonds is 9. The van der Waals surface area contributed by atoms with E-state index in [-0.39, 0.29) is 17.3 Å². The molecule has 6 rings (SSSR count). The van der Waals surface area contributed by atoms with E-state index in [1.807, 2.05) is 48.5 Å². The maximum atomic E-state index is 12.5. The van der Waals surface area contributed by atoms with Crippen LogP contribution in [-0.4, -0.2) is 22.5 Å². The molecule has 0 saturated heterocycles. The molecule has 220 valence electrons. The van der Waals surface area contributed by atoms with Gasteiger partial charge in [-0.3, -0.25) is 14.4 Å². The van der Waals surface area contributed by atoms with Crippen LogP contribution in [0.3, 0.4) is 0 Å². The number of carbonyl (C=O) groups excluding carboxylic acids is 3. The van der Waals surface area contributed by atoms with E-state index in [1.54, 1.807) is 121 Å². The number of aliphatic hydroxyl groups excluding tert-OH is 1. The third-order valence-electron chi connectivity index (χ3n) is 6.96. The Morgan fingerprint density at radius 3 is 1.09 bits per heavy atom. The molecule has 6 aromatic rings. The van der Waals surface area contributed by atoms with Gasteiger partial charge in [-0.25, -0.2) is 0 Å². The SMILES string of the molecule is O=C(c1ccccc1)C(O)c1ccccc1.O=C(c1ccccc1)c1ccc(Oc2ccc(C(=O)c3ccccc3)cc2)cc1. The van der Waals surface area contributed by atoms with Crippen molar-refractivity contribution in [2.45, 2.75) is 6.10 Å². The van der Waals surface area contributed by atoms with Crippen molar-refractivity contribution in [2.24, 2.45) is 0 Å². The molecule has 0 aromatic heterocycles. The van der Waals surface area contributed by atoms with Crippen molar-refractivity contribution in [2.75, 3.05) is 0 Å². The number of aliphatic hydroxyl groups is 1. The first-order valence-electron chi connectivity index (χ1n) is 14.4. The minimum atomic E-state index is -1.08. The molecule has 0 radical (unpaired) electrons. The van der Waals surface area contributed by atoms with Crippen LogP contribution >= 0.6 is 0 Å². The molecule has 1 atom stereocenters. The number of hydrogen-bond donors (Lipinski definition) is 1. The summed E-state index contributed by atoms with van der Waals surface area (Å²) >= 11 is 0. The van der Waals surface area contributed by atoms with Crippen LogP contribution < -0.4 is 4.74 Å². The molecular formula is C40H30O5. The lowest BCUT2D eigenvalue weighted by Gasteiger charge is -2.09. The summed E-state index contributed by atoms with van der Waals surface area (Å²) in [6.45, 7) is 0. The largest absolute Gasteiger partial charge is 0.457 e. The van der Waals surface area contributed by atoms with Gasteiger partial charge in [-0.15, -0.1) is 0 Å². The maximum absolute atomic E-state index is 12.5. The van der Waals surface area contributed by atoms with Gasteiger partial charge >= 0.3 is 0 Å². The Balaban J connectivity index is 0.000000211. The summed E-state index contributed by atoms with van der Waals surface area (Å²) in [4.78, 5) is 36.8. The lowest BCUT2D eigenvalue weighted by atomic mass is 10.0. The summed E-state index contributed by atoms with van der Waals surface area (Å²) in [5.41, 5.74) is 3.66. The first kappa shape index (κ1) is 30.5. The lowest BCUT2D eigenvalue weighted by molar-refractivity contribution is 0.0747. The smallest absolute Gasteiger partial charge is 0.195 e. The lowest BCUT2D eigenvalue weighted by Crippen LogP contribution is -2.11. The summed E-state index contributed by atoms with van der Waals surface area (Å²) in [7, 11) is 0. The number of benzene rings is 6. The van der Waals surface area contributed by atoms with Gasteiger partial charge in [0.25, 0.3) is 0 Å². The van der Waals surface area contributed by atoms with Crippen LogP contribution in [0.2, 0.25) is 0 Å². The molecule has 5 heteroatoms. The summed E-state index contributed by atoms with van der Waals surface area (Å²) in [6, 6.07) is 50.1. The van der Waals surface area contributed by atoms with Gasteiger partial charge in [0.15, 0.2) is 17.3 Å². The zero-order valence-electron chi connectivity index (χ0n) is 24.3. The molecule has 0 aliphatic carbocycles. The van der Waals surface area contributed by atoms with Crippen LogP contribution in [0.4, 0.5) is 0 Å². The highest BCUT2D eigenvalue weighted by molar-refractivity contribution is 6.09. The predicted molar refractivity (Wildman–Crippen MR) is 175 cm³/mol. The van der Waals surface area contributed by atoms with Crippen LogP contribution in [0.15, 0.2) is 170 Å². The Morgan fingerprint density at radius 2 is 0.711 bits per heavy atom. The Hall–Kier alpha value is -5.91. The van der Waals surface area contributed by atoms with Gasteiger partial charge in [0.05, 0.1) is 0 Å². The Morgan fingerprint density at radius 1 is 0.400 bits per heavy atom. The van der Waals surface area contributed by atoms with Crippen molar-refractivity contribution in [1.29, 1.82) is 0 Å². The number of Topliss-reactive ketones (excluding diaryl/α,β-unsaturated/α-hetero) is 1. The second-order valence-electron chi connectivity index (χ2n) is 10.1. The van der Waals surface area contributed by atoms with Gasteiger partial charge < -0.3 is 9.84 Å². The van der Waals surface area contributed by atoms with E-state index in [2.05, 4.69) is 0 Å². The van der Waals surface area contributed by atoms with Gasteiger partial charge in [-0.05, 0) is 54.1 Å². The van der Waals surface area contributed by atoms with E-state index < -0.39 is 6.10 Å². The molecule has 0 bridgehead atoms. The zero-order chi connectivity index (χ0) is 31.4. The molecule has 0 aliphatic heterocycles. The standard InChI is InChI=1S/C26H18O3.C14H12O2/c27-25(19-7-3-1-4-8-19)21-11-15-23(16-12-21)29-24-17-13-22(14-18-24)26(28)20-9-5-2-6-10-20;15-13(11-7-3-1-4-8-11)14(16)12-9-5-2-6-10-12/h1-18H;1-10,13,15H. The molecule has 1 N–H and O–H groups in total. The van der Waals surface area contributed by atoms with E-state index >= 15 is 0 Å². The Bertz CT molecular complexity index is 1740. The molecular weight excluding hydrogens is 560 g/mol. The average molecular weight is 591 g/mol. The van der Waals surface area contributed by atoms with E-state index in [1.165, 1.54) is 0 Å². The van der Waals surface area contributed by atoms with Crippen molar-refractivity contribution < 1.29 is 24.2 Å². The first-order valence-corrected chi connectivity index (χ1v) is 14.4. The minimum Gasteiger partial charge on any atom is -0.457 e. The van der Waals surface area contributed by atoms with Gasteiger partial charge in [-0.1, -0.05) is 121 Å². The van der Waals surface area contributed by atoms with Gasteiger partial charge in [0.1, 0.15) is 17.6 Å². The Labute approximate surface area is 262 Å². The van der Waals surface area contributed by atoms with Crippen LogP contribution in [-0.2, 0) is 0 Å². The zero-order valence-corrected chi connectivity index (χ0v) is 24.3. The summed E-state index contributed by atoms with van der Waals surface area (Å²) in [5, 5.41) is 9.89. The molecule has 45 heavy (non-hydrogen) atoms. The van der Waals surface area contributed by atoms with Crippen LogP contribution in [0.5, 0.6) is 11.5 Å². The summed E-state index contributed by atoms with van der Waals surface area (Å²) in [5.74, 6) is 0.919. The van der Waals surface area contributed by atoms with E-state index in [0.29, 0.717) is 44.9 Å². The normalized spacial score (nSPS) is 11.0. The third-order valence-corrected chi connectivity index (χ3v) is 6.96. The highest BCUT2D eigenvalue weighted by Gasteiger charge is 2.18. The fraction of sp³-hybridized carbons (Fsp3) is 0.0250. The summed E-state index contributed by atoms with van der Waals surface area (Å²) < 4.78 is 5.84. The topological polar surface area (TPSA) is 80.7 Å². The maximum Gasteiger partial charge on any atom is 0.195 e. The van der Waals surface area contributed by atoms with E-state index in [0.717, 1.165) is 0 Å². The number of carbonyl (C=O) groups is 3. The van der Waals surface area contributed by atoms with Crippen molar-refractivity contribution >= 4 is 17.3 Å². The second kappa shape index (κ2) is 15.0. The van der Waals surface area contributed by atoms with Crippen molar-refractivity contribution in [3.05, 3.63) is 203 Å². The van der Waals surface area contributed by atoms with Crippen molar-refractivity contribution in [3.63, 3.8) is 0 Å². The highest BCUT2D eigenvalue weighted by atomic mass is 16.5. The fourth-order valence-electron chi connectivity index (χ4n) is 4.54. The molecule has 0 spiro atoms. The molecule has 0 saturated carbocycles. The molecule has 0 heterocycles. The number of hydrogen-bond acceptors (Lipinski definition) is 5. The summed E-state index contributed by atoms with van der Waals surface area (Å²) in [6.07, 6.45) is -1.08. The molecule has 0 amide bonds. The van der Waals surface area contributed by atoms with Crippen LogP contribution in [0.25, 0.3) is 0 Å². The van der Waals surface area contributed by atoms with Crippen molar-refractivity contribution in [1.82, 2.24) is 0 Å². The monoisotopic (exact) mass is 590 g/mol. The second-order valence-corrected chi connectivity index (χ2v) is 10.1. The van der Waals surface area contributed by atoms with Crippen LogP contribution in [0, 0.1) is 0 Å². The number of ether oxygens (including phenoxy) is 1. The molecule has 0 fully saturated rings. The Kier molecular flexibility index (Phi) is 10.2. The molecule has 6 aromatic carbocycles. The van der Waals surface area contributed by atoms with Gasteiger partial charge in [0, 0.05) is 27.8 Å². The molecule has 0 aliphatic rings. The van der Waals surface area contributed by atoms with E-state index in [4.69, 9.17) is 4.74 Å². The molecule has 5 nitrogen and oxygen atoms in total. The fourth-order valence-corrected chi connectivity index (χ4v) is 4.54. The average Bonchev–Trinajstić information content (AvgIpc) is 3.13. The quantitative estimate of drug-likeness (QED) is 0.171. The number of ketones is 3.